The SMILES string of the molecule is [B]c1ccc(C(=O)NC)nc1C. The quantitative estimate of drug-likeness (QED) is 0.565. The van der Waals surface area contributed by atoms with Crippen LogP contribution in [0.25, 0.3) is 0 Å². The van der Waals surface area contributed by atoms with Crippen LogP contribution >= 0.6 is 0 Å². The van der Waals surface area contributed by atoms with Crippen molar-refractivity contribution >= 4 is 19.2 Å². The minimum atomic E-state index is -0.196. The van der Waals surface area contributed by atoms with E-state index in [1.807, 2.05) is 0 Å². The van der Waals surface area contributed by atoms with Crippen LogP contribution in [-0.4, -0.2) is 25.8 Å². The molecule has 0 aromatic carbocycles. The lowest BCUT2D eigenvalue weighted by atomic mass is 9.94. The molecular formula is C8H9BN2O. The largest absolute Gasteiger partial charge is 0.354 e. The zero-order valence-electron chi connectivity index (χ0n) is 7.09. The van der Waals surface area contributed by atoms with Crippen molar-refractivity contribution in [3.05, 3.63) is 23.5 Å². The number of aromatic nitrogens is 1. The van der Waals surface area contributed by atoms with E-state index in [1.54, 1.807) is 26.1 Å². The number of pyridine rings is 1. The Morgan fingerprint density at radius 2 is 2.25 bits per heavy atom. The van der Waals surface area contributed by atoms with Gasteiger partial charge in [-0.2, -0.15) is 0 Å². The van der Waals surface area contributed by atoms with E-state index < -0.39 is 0 Å². The molecule has 0 spiro atoms. The van der Waals surface area contributed by atoms with E-state index in [0.29, 0.717) is 16.9 Å². The van der Waals surface area contributed by atoms with Gasteiger partial charge in [0.25, 0.3) is 5.91 Å². The molecule has 1 amide bonds. The summed E-state index contributed by atoms with van der Waals surface area (Å²) in [7, 11) is 7.10. The number of nitrogens with one attached hydrogen (secondary N) is 1. The Morgan fingerprint density at radius 1 is 1.58 bits per heavy atom. The standard InChI is InChI=1S/C8H9BN2O/c1-5-6(9)3-4-7(11-5)8(12)10-2/h3-4H,1-2H3,(H,10,12). The van der Waals surface area contributed by atoms with Gasteiger partial charge in [0.05, 0.1) is 0 Å². The van der Waals surface area contributed by atoms with Gasteiger partial charge in [-0.15, -0.1) is 0 Å². The molecule has 2 radical (unpaired) electrons. The molecule has 0 aliphatic carbocycles. The highest BCUT2D eigenvalue weighted by Gasteiger charge is 2.04. The number of aryl methyl sites for hydroxylation is 1. The van der Waals surface area contributed by atoms with Crippen LogP contribution in [0.4, 0.5) is 0 Å². The maximum Gasteiger partial charge on any atom is 0.269 e. The van der Waals surface area contributed by atoms with E-state index in [9.17, 15) is 4.79 Å². The van der Waals surface area contributed by atoms with Gasteiger partial charge >= 0.3 is 0 Å². The molecular weight excluding hydrogens is 151 g/mol. The van der Waals surface area contributed by atoms with Crippen molar-refractivity contribution in [1.82, 2.24) is 10.3 Å². The van der Waals surface area contributed by atoms with Crippen LogP contribution in [-0.2, 0) is 0 Å². The Balaban J connectivity index is 3.05. The van der Waals surface area contributed by atoms with Gasteiger partial charge in [0.15, 0.2) is 0 Å². The Labute approximate surface area is 72.6 Å². The monoisotopic (exact) mass is 160 g/mol. The van der Waals surface area contributed by atoms with Crippen molar-refractivity contribution in [2.45, 2.75) is 6.92 Å². The lowest BCUT2D eigenvalue weighted by molar-refractivity contribution is 0.0958. The zero-order valence-corrected chi connectivity index (χ0v) is 7.09. The molecule has 3 nitrogen and oxygen atoms in total. The van der Waals surface area contributed by atoms with E-state index in [-0.39, 0.29) is 5.91 Å². The first kappa shape index (κ1) is 8.78. The molecule has 1 N–H and O–H groups in total. The average Bonchev–Trinajstić information content (AvgIpc) is 2.08. The number of rotatable bonds is 1. The third-order valence-electron chi connectivity index (χ3n) is 1.59. The molecule has 0 unspecified atom stereocenters. The number of hydrogen-bond acceptors (Lipinski definition) is 2. The van der Waals surface area contributed by atoms with Crippen LogP contribution < -0.4 is 10.8 Å². The van der Waals surface area contributed by atoms with Crippen LogP contribution in [0, 0.1) is 6.92 Å². The summed E-state index contributed by atoms with van der Waals surface area (Å²) in [4.78, 5) is 15.1. The van der Waals surface area contributed by atoms with Crippen LogP contribution in [0.1, 0.15) is 16.2 Å². The second-order valence-electron chi connectivity index (χ2n) is 2.45. The predicted molar refractivity (Wildman–Crippen MR) is 47.8 cm³/mol. The molecule has 1 aromatic heterocycles. The lowest BCUT2D eigenvalue weighted by Gasteiger charge is -2.02. The third-order valence-corrected chi connectivity index (χ3v) is 1.59. The summed E-state index contributed by atoms with van der Waals surface area (Å²) < 4.78 is 0. The molecule has 1 aromatic rings. The molecule has 1 rings (SSSR count). The maximum absolute atomic E-state index is 11.1. The smallest absolute Gasteiger partial charge is 0.269 e. The summed E-state index contributed by atoms with van der Waals surface area (Å²) in [5, 5.41) is 2.49. The van der Waals surface area contributed by atoms with Gasteiger partial charge in [-0.1, -0.05) is 11.5 Å². The second kappa shape index (κ2) is 3.39. The number of carbonyl (C=O) groups is 1. The molecule has 0 aliphatic rings. The van der Waals surface area contributed by atoms with Crippen molar-refractivity contribution in [2.75, 3.05) is 7.05 Å². The van der Waals surface area contributed by atoms with Crippen LogP contribution in [0.15, 0.2) is 12.1 Å². The molecule has 0 atom stereocenters. The van der Waals surface area contributed by atoms with Crippen LogP contribution in [0.3, 0.4) is 0 Å². The van der Waals surface area contributed by atoms with Crippen molar-refractivity contribution in [3.63, 3.8) is 0 Å². The fraction of sp³-hybridized carbons (Fsp3) is 0.250. The van der Waals surface area contributed by atoms with Crippen molar-refractivity contribution in [2.24, 2.45) is 0 Å². The van der Waals surface area contributed by atoms with E-state index in [0.717, 1.165) is 0 Å². The minimum Gasteiger partial charge on any atom is -0.354 e. The minimum absolute atomic E-state index is 0.196. The molecule has 0 saturated heterocycles. The fourth-order valence-electron chi connectivity index (χ4n) is 0.826. The molecule has 4 heteroatoms. The van der Waals surface area contributed by atoms with Gasteiger partial charge in [-0.3, -0.25) is 4.79 Å². The molecule has 0 fully saturated rings. The van der Waals surface area contributed by atoms with E-state index in [4.69, 9.17) is 7.85 Å². The highest BCUT2D eigenvalue weighted by Crippen LogP contribution is 1.94. The first-order valence-corrected chi connectivity index (χ1v) is 3.60. The highest BCUT2D eigenvalue weighted by molar-refractivity contribution is 6.33. The van der Waals surface area contributed by atoms with Gasteiger partial charge in [-0.25, -0.2) is 4.98 Å². The van der Waals surface area contributed by atoms with Gasteiger partial charge in [-0.05, 0) is 13.0 Å². The summed E-state index contributed by atoms with van der Waals surface area (Å²) in [5.41, 5.74) is 1.67. The Bertz CT molecular complexity index is 312. The summed E-state index contributed by atoms with van der Waals surface area (Å²) in [5.74, 6) is -0.196. The first-order chi connectivity index (χ1) is 5.65. The topological polar surface area (TPSA) is 42.0 Å². The number of amides is 1. The Hall–Kier alpha value is -1.32. The normalized spacial score (nSPS) is 9.50. The van der Waals surface area contributed by atoms with Crippen molar-refractivity contribution in [1.29, 1.82) is 0 Å². The van der Waals surface area contributed by atoms with Crippen molar-refractivity contribution in [3.8, 4) is 0 Å². The van der Waals surface area contributed by atoms with Crippen molar-refractivity contribution < 1.29 is 4.79 Å². The lowest BCUT2D eigenvalue weighted by Crippen LogP contribution is -2.21. The molecule has 0 aliphatic heterocycles. The Morgan fingerprint density at radius 3 is 2.75 bits per heavy atom. The predicted octanol–water partition coefficient (Wildman–Crippen LogP) is -0.457. The molecule has 1 heterocycles. The van der Waals surface area contributed by atoms with Gasteiger partial charge < -0.3 is 5.32 Å². The van der Waals surface area contributed by atoms with Crippen LogP contribution in [0.5, 0.6) is 0 Å². The molecule has 60 valence electrons. The van der Waals surface area contributed by atoms with E-state index >= 15 is 0 Å². The summed E-state index contributed by atoms with van der Waals surface area (Å²) >= 11 is 0. The highest BCUT2D eigenvalue weighted by atomic mass is 16.1. The van der Waals surface area contributed by atoms with Gasteiger partial charge in [0.2, 0.25) is 0 Å². The molecule has 12 heavy (non-hydrogen) atoms. The number of hydrogen-bond donors (Lipinski definition) is 1. The van der Waals surface area contributed by atoms with Gasteiger partial charge in [0, 0.05) is 12.7 Å². The number of nitrogens with zero attached hydrogens (tertiary/aromatic N) is 1. The second-order valence-corrected chi connectivity index (χ2v) is 2.45. The maximum atomic E-state index is 11.1. The molecule has 0 bridgehead atoms. The summed E-state index contributed by atoms with van der Waals surface area (Å²) in [6, 6.07) is 3.27. The summed E-state index contributed by atoms with van der Waals surface area (Å²) in [6.45, 7) is 1.77. The van der Waals surface area contributed by atoms with E-state index in [1.165, 1.54) is 0 Å². The zero-order chi connectivity index (χ0) is 9.14. The van der Waals surface area contributed by atoms with E-state index in [2.05, 4.69) is 10.3 Å². The van der Waals surface area contributed by atoms with Gasteiger partial charge in [0.1, 0.15) is 13.5 Å². The summed E-state index contributed by atoms with van der Waals surface area (Å²) in [6.07, 6.45) is 0. The average molecular weight is 160 g/mol. The Kier molecular flexibility index (Phi) is 2.48. The van der Waals surface area contributed by atoms with Crippen LogP contribution in [0.2, 0.25) is 0 Å². The number of carbonyl (C=O) groups excluding carboxylic acids is 1. The first-order valence-electron chi connectivity index (χ1n) is 3.60. The fourth-order valence-corrected chi connectivity index (χ4v) is 0.826. The molecule has 0 saturated carbocycles. The third kappa shape index (κ3) is 1.64.